The third kappa shape index (κ3) is 3.70. The van der Waals surface area contributed by atoms with Crippen molar-refractivity contribution in [2.24, 2.45) is 16.8 Å². The maximum atomic E-state index is 5.62. The highest BCUT2D eigenvalue weighted by Crippen LogP contribution is 2.65. The highest BCUT2D eigenvalue weighted by atomic mass is 15.3. The van der Waals surface area contributed by atoms with Crippen LogP contribution in [0.25, 0.3) is 49.3 Å². The molecule has 2 aromatic heterocycles. The summed E-state index contributed by atoms with van der Waals surface area (Å²) in [5.74, 6) is 1.82. The molecule has 0 amide bonds. The minimum absolute atomic E-state index is 0.132. The molecule has 3 heterocycles. The van der Waals surface area contributed by atoms with Crippen molar-refractivity contribution in [2.45, 2.75) is 25.6 Å². The molecule has 6 aromatic carbocycles. The first-order chi connectivity index (χ1) is 23.1. The van der Waals surface area contributed by atoms with Gasteiger partial charge in [-0.05, 0) is 73.0 Å². The lowest BCUT2D eigenvalue weighted by molar-refractivity contribution is -0.614. The van der Waals surface area contributed by atoms with E-state index in [4.69, 9.17) is 4.99 Å². The molecule has 1 saturated carbocycles. The van der Waals surface area contributed by atoms with Crippen LogP contribution in [0.3, 0.4) is 0 Å². The molecular weight excluding hydrogens is 573 g/mol. The summed E-state index contributed by atoms with van der Waals surface area (Å²) in [4.78, 5) is 5.62. The number of nitrogens with two attached hydrogens (primary N) is 1. The third-order valence-electron chi connectivity index (χ3n) is 11.0. The van der Waals surface area contributed by atoms with Crippen molar-refractivity contribution in [1.82, 2.24) is 9.13 Å². The van der Waals surface area contributed by atoms with Crippen molar-refractivity contribution in [2.75, 3.05) is 0 Å². The number of hydrogen-bond donors (Lipinski definition) is 1. The average molecular weight is 608 g/mol. The van der Waals surface area contributed by atoms with E-state index in [-0.39, 0.29) is 11.7 Å². The van der Waals surface area contributed by atoms with Gasteiger partial charge in [0, 0.05) is 27.2 Å². The maximum absolute atomic E-state index is 5.62. The average Bonchev–Trinajstić information content (AvgIpc) is 3.44. The van der Waals surface area contributed by atoms with Gasteiger partial charge in [0.05, 0.1) is 33.5 Å². The normalized spacial score (nSPS) is 22.2. The molecule has 1 fully saturated rings. The molecule has 4 heteroatoms. The number of para-hydroxylation sites is 2. The first kappa shape index (κ1) is 26.7. The molecule has 8 aromatic rings. The van der Waals surface area contributed by atoms with E-state index >= 15 is 0 Å². The lowest BCUT2D eigenvalue weighted by Crippen LogP contribution is -2.92. The fourth-order valence-corrected chi connectivity index (χ4v) is 8.84. The summed E-state index contributed by atoms with van der Waals surface area (Å²) in [5.41, 5.74) is 9.70. The van der Waals surface area contributed by atoms with Crippen molar-refractivity contribution in [1.29, 1.82) is 0 Å². The van der Waals surface area contributed by atoms with Gasteiger partial charge in [0.2, 0.25) is 5.84 Å². The van der Waals surface area contributed by atoms with Crippen LogP contribution in [-0.2, 0) is 5.54 Å². The van der Waals surface area contributed by atoms with E-state index in [2.05, 4.69) is 174 Å². The van der Waals surface area contributed by atoms with E-state index < -0.39 is 0 Å². The van der Waals surface area contributed by atoms with Gasteiger partial charge in [-0.3, -0.25) is 9.88 Å². The molecule has 10 rings (SSSR count). The van der Waals surface area contributed by atoms with Crippen LogP contribution >= 0.6 is 0 Å². The molecular formula is C43H35N4+. The Bertz CT molecular complexity index is 2520. The van der Waals surface area contributed by atoms with Crippen LogP contribution in [0.1, 0.15) is 29.8 Å². The Balaban J connectivity index is 1.29. The quantitative estimate of drug-likeness (QED) is 0.208. The van der Waals surface area contributed by atoms with Crippen LogP contribution in [0.15, 0.2) is 151 Å². The van der Waals surface area contributed by atoms with E-state index in [0.717, 1.165) is 5.84 Å². The van der Waals surface area contributed by atoms with Gasteiger partial charge in [-0.2, -0.15) is 0 Å². The molecule has 4 unspecified atom stereocenters. The Kier molecular flexibility index (Phi) is 5.56. The van der Waals surface area contributed by atoms with Crippen molar-refractivity contribution < 1.29 is 5.32 Å². The molecule has 47 heavy (non-hydrogen) atoms. The van der Waals surface area contributed by atoms with Gasteiger partial charge in [0.1, 0.15) is 5.54 Å². The number of aryl methyl sites for hydroxylation is 1. The molecule has 4 nitrogen and oxygen atoms in total. The number of benzene rings is 6. The summed E-state index contributed by atoms with van der Waals surface area (Å²) in [6.07, 6.45) is 0.132. The van der Waals surface area contributed by atoms with Crippen molar-refractivity contribution in [3.8, 4) is 5.69 Å². The number of rotatable bonds is 4. The number of fused-ring (bicyclic) bond motifs is 7. The molecule has 0 bridgehead atoms. The molecule has 1 aliphatic heterocycles. The molecule has 0 radical (unpaired) electrons. The number of quaternary nitrogens is 1. The van der Waals surface area contributed by atoms with E-state index in [9.17, 15) is 0 Å². The van der Waals surface area contributed by atoms with Crippen LogP contribution in [0.5, 0.6) is 0 Å². The Morgan fingerprint density at radius 2 is 1.26 bits per heavy atom. The van der Waals surface area contributed by atoms with E-state index in [1.54, 1.807) is 0 Å². The van der Waals surface area contributed by atoms with Gasteiger partial charge in [0.25, 0.3) is 0 Å². The van der Waals surface area contributed by atoms with Gasteiger partial charge in [-0.1, -0.05) is 103 Å². The molecule has 0 spiro atoms. The lowest BCUT2D eigenvalue weighted by Gasteiger charge is -2.28. The van der Waals surface area contributed by atoms with Gasteiger partial charge >= 0.3 is 0 Å². The van der Waals surface area contributed by atoms with Gasteiger partial charge in [-0.15, -0.1) is 0 Å². The number of aromatic nitrogens is 2. The molecule has 226 valence electrons. The lowest BCUT2D eigenvalue weighted by atomic mass is 9.98. The SMILES string of the molecule is Cc1ccc2c(c1)c1cc3c4ccccc4n(-c4ccccc4)c3cc1n2C1[NH2+]C(c2ccccc2)=NC2(c3ccccc3)C(C)C12. The second-order valence-electron chi connectivity index (χ2n) is 13.5. The summed E-state index contributed by atoms with van der Waals surface area (Å²) < 4.78 is 5.09. The van der Waals surface area contributed by atoms with Gasteiger partial charge < -0.3 is 4.57 Å². The second-order valence-corrected chi connectivity index (χ2v) is 13.5. The number of hydrogen-bond acceptors (Lipinski definition) is 1. The van der Waals surface area contributed by atoms with Crippen molar-refractivity contribution >= 4 is 49.4 Å². The molecule has 1 aliphatic carbocycles. The summed E-state index contributed by atoms with van der Waals surface area (Å²) in [5, 5.41) is 7.65. The topological polar surface area (TPSA) is 38.8 Å². The zero-order valence-corrected chi connectivity index (χ0v) is 26.5. The predicted octanol–water partition coefficient (Wildman–Crippen LogP) is 8.88. The molecule has 0 saturated heterocycles. The first-order valence-corrected chi connectivity index (χ1v) is 16.7. The van der Waals surface area contributed by atoms with E-state index in [0.29, 0.717) is 11.8 Å². The highest BCUT2D eigenvalue weighted by molar-refractivity contribution is 6.18. The Morgan fingerprint density at radius 3 is 2.04 bits per heavy atom. The summed E-state index contributed by atoms with van der Waals surface area (Å²) in [7, 11) is 0. The second kappa shape index (κ2) is 9.78. The van der Waals surface area contributed by atoms with Crippen molar-refractivity contribution in [3.05, 3.63) is 162 Å². The monoisotopic (exact) mass is 607 g/mol. The molecule has 4 atom stereocenters. The zero-order chi connectivity index (χ0) is 31.3. The minimum Gasteiger partial charge on any atom is -0.309 e. The zero-order valence-electron chi connectivity index (χ0n) is 26.5. The number of aliphatic imine (C=N–C) groups is 1. The maximum Gasteiger partial charge on any atom is 0.229 e. The first-order valence-electron chi connectivity index (χ1n) is 16.7. The standard InChI is InChI=1S/C43H34N4/c1-27-22-23-37-33(24-27)35-25-34-32-20-12-13-21-36(32)46(31-18-10-5-11-19-31)38(34)26-39(35)47(37)42-40-28(2)43(40,30-16-8-4-9-17-30)45-41(44-42)29-14-6-3-7-15-29/h3-26,28,40,42H,1-2H3,(H,44,45)/p+1. The summed E-state index contributed by atoms with van der Waals surface area (Å²) in [6.45, 7) is 4.61. The smallest absolute Gasteiger partial charge is 0.229 e. The number of amidine groups is 1. The predicted molar refractivity (Wildman–Crippen MR) is 193 cm³/mol. The fourth-order valence-electron chi connectivity index (χ4n) is 8.84. The number of nitrogens with zero attached hydrogens (tertiary/aromatic N) is 3. The summed E-state index contributed by atoms with van der Waals surface area (Å²) >= 11 is 0. The Hall–Kier alpha value is -5.45. The van der Waals surface area contributed by atoms with Crippen LogP contribution in [0.2, 0.25) is 0 Å². The summed E-state index contributed by atoms with van der Waals surface area (Å²) in [6, 6.07) is 53.3. The van der Waals surface area contributed by atoms with Crippen LogP contribution < -0.4 is 5.32 Å². The third-order valence-corrected chi connectivity index (χ3v) is 11.0. The molecule has 2 aliphatic rings. The van der Waals surface area contributed by atoms with Crippen LogP contribution in [-0.4, -0.2) is 15.0 Å². The van der Waals surface area contributed by atoms with Gasteiger partial charge in [0.15, 0.2) is 6.17 Å². The Labute approximate surface area is 273 Å². The minimum atomic E-state index is -0.261. The van der Waals surface area contributed by atoms with E-state index in [1.165, 1.54) is 66.0 Å². The van der Waals surface area contributed by atoms with E-state index in [1.807, 2.05) is 0 Å². The highest BCUT2D eigenvalue weighted by Gasteiger charge is 2.71. The van der Waals surface area contributed by atoms with Crippen LogP contribution in [0.4, 0.5) is 0 Å². The van der Waals surface area contributed by atoms with Crippen LogP contribution in [0, 0.1) is 18.8 Å². The van der Waals surface area contributed by atoms with Gasteiger partial charge in [-0.25, -0.2) is 4.99 Å². The largest absolute Gasteiger partial charge is 0.309 e. The fraction of sp³-hybridized carbons (Fsp3) is 0.140. The molecule has 2 N–H and O–H groups in total. The van der Waals surface area contributed by atoms with Crippen molar-refractivity contribution in [3.63, 3.8) is 0 Å². The Morgan fingerprint density at radius 1 is 0.596 bits per heavy atom.